The van der Waals surface area contributed by atoms with E-state index in [2.05, 4.69) is 19.7 Å². The highest BCUT2D eigenvalue weighted by molar-refractivity contribution is 5.79. The number of hydrogen-bond donors (Lipinski definition) is 1. The van der Waals surface area contributed by atoms with Crippen molar-refractivity contribution in [2.24, 2.45) is 0 Å². The summed E-state index contributed by atoms with van der Waals surface area (Å²) in [6, 6.07) is 4.67. The molecule has 0 unspecified atom stereocenters. The summed E-state index contributed by atoms with van der Waals surface area (Å²) in [5.74, 6) is -0.508. The van der Waals surface area contributed by atoms with Crippen LogP contribution in [-0.4, -0.2) is 14.5 Å². The summed E-state index contributed by atoms with van der Waals surface area (Å²) in [5, 5.41) is 2.91. The number of benzene rings is 1. The third-order valence-corrected chi connectivity index (χ3v) is 3.33. The van der Waals surface area contributed by atoms with Crippen molar-refractivity contribution in [3.63, 3.8) is 0 Å². The topological polar surface area (TPSA) is 55.9 Å². The van der Waals surface area contributed by atoms with Gasteiger partial charge in [0.05, 0.1) is 12.1 Å². The Balaban J connectivity index is 1.91. The lowest BCUT2D eigenvalue weighted by atomic mass is 10.3. The number of imidazole rings is 1. The van der Waals surface area contributed by atoms with Gasteiger partial charge in [0.25, 0.3) is 6.43 Å². The van der Waals surface area contributed by atoms with Gasteiger partial charge in [0.1, 0.15) is 11.2 Å². The van der Waals surface area contributed by atoms with Gasteiger partial charge in [0.2, 0.25) is 5.95 Å². The molecule has 22 heavy (non-hydrogen) atoms. The lowest BCUT2D eigenvalue weighted by Gasteiger charge is -2.07. The van der Waals surface area contributed by atoms with E-state index in [9.17, 15) is 13.2 Å². The van der Waals surface area contributed by atoms with Crippen LogP contribution in [0.25, 0.3) is 11.0 Å². The number of fused-ring (bicyclic) bond motifs is 1. The third-order valence-electron chi connectivity index (χ3n) is 3.33. The average Bonchev–Trinajstić information content (AvgIpc) is 3.09. The number of aryl methyl sites for hydroxylation is 1. The van der Waals surface area contributed by atoms with E-state index in [0.29, 0.717) is 18.0 Å². The Bertz CT molecular complexity index is 797. The number of nitrogens with one attached hydrogen (secondary N) is 1. The molecule has 0 spiro atoms. The molecule has 0 amide bonds. The fourth-order valence-electron chi connectivity index (χ4n) is 2.32. The van der Waals surface area contributed by atoms with E-state index in [1.54, 1.807) is 16.7 Å². The van der Waals surface area contributed by atoms with Gasteiger partial charge in [0, 0.05) is 6.54 Å². The second kappa shape index (κ2) is 5.70. The van der Waals surface area contributed by atoms with Crippen molar-refractivity contribution >= 4 is 17.0 Å². The summed E-state index contributed by atoms with van der Waals surface area (Å²) in [6.07, 6.45) is -1.76. The monoisotopic (exact) mass is 310 g/mol. The van der Waals surface area contributed by atoms with Crippen molar-refractivity contribution in [3.05, 3.63) is 41.9 Å². The van der Waals surface area contributed by atoms with Gasteiger partial charge < -0.3 is 14.3 Å². The fourth-order valence-corrected chi connectivity index (χ4v) is 2.32. The van der Waals surface area contributed by atoms with E-state index in [1.165, 1.54) is 6.07 Å². The van der Waals surface area contributed by atoms with E-state index >= 15 is 0 Å². The molecule has 3 aromatic rings. The first-order valence-corrected chi connectivity index (χ1v) is 6.70. The van der Waals surface area contributed by atoms with Gasteiger partial charge in [0.15, 0.2) is 18.0 Å². The number of aromatic nitrogens is 3. The Hall–Kier alpha value is -2.51. The van der Waals surface area contributed by atoms with Crippen LogP contribution in [0.2, 0.25) is 0 Å². The normalized spacial score (nSPS) is 11.5. The zero-order valence-electron chi connectivity index (χ0n) is 11.7. The minimum Gasteiger partial charge on any atom is -0.442 e. The molecule has 0 saturated carbocycles. The van der Waals surface area contributed by atoms with Crippen LogP contribution >= 0.6 is 0 Å². The molecule has 0 atom stereocenters. The number of nitrogens with zero attached hydrogens (tertiary/aromatic N) is 3. The molecule has 116 valence electrons. The van der Waals surface area contributed by atoms with Crippen LogP contribution in [0, 0.1) is 5.82 Å². The minimum absolute atomic E-state index is 0.0150. The molecule has 0 saturated heterocycles. The Kier molecular flexibility index (Phi) is 3.74. The fraction of sp³-hybridized carbons (Fsp3) is 0.286. The van der Waals surface area contributed by atoms with E-state index in [1.807, 2.05) is 6.92 Å². The Morgan fingerprint density at radius 3 is 2.91 bits per heavy atom. The number of oxazole rings is 1. The maximum atomic E-state index is 13.8. The van der Waals surface area contributed by atoms with E-state index in [4.69, 9.17) is 0 Å². The van der Waals surface area contributed by atoms with Crippen LogP contribution in [0.15, 0.2) is 29.0 Å². The molecule has 3 rings (SSSR count). The summed E-state index contributed by atoms with van der Waals surface area (Å²) < 4.78 is 45.6. The number of alkyl halides is 2. The van der Waals surface area contributed by atoms with Crippen LogP contribution in [0.1, 0.15) is 24.8 Å². The molecule has 0 aliphatic carbocycles. The van der Waals surface area contributed by atoms with Crippen molar-refractivity contribution < 1.29 is 17.6 Å². The molecule has 5 nitrogen and oxygen atoms in total. The summed E-state index contributed by atoms with van der Waals surface area (Å²) in [7, 11) is 0. The molecule has 0 radical (unpaired) electrons. The van der Waals surface area contributed by atoms with Crippen LogP contribution in [-0.2, 0) is 13.1 Å². The van der Waals surface area contributed by atoms with Crippen molar-refractivity contribution in [3.8, 4) is 0 Å². The Labute approximate surface area is 123 Å². The van der Waals surface area contributed by atoms with Gasteiger partial charge in [-0.2, -0.15) is 0 Å². The first kappa shape index (κ1) is 14.4. The summed E-state index contributed by atoms with van der Waals surface area (Å²) in [4.78, 5) is 7.95. The maximum absolute atomic E-state index is 13.8. The lowest BCUT2D eigenvalue weighted by molar-refractivity contribution is 0.120. The largest absolute Gasteiger partial charge is 0.442 e. The van der Waals surface area contributed by atoms with Gasteiger partial charge in [-0.25, -0.2) is 23.1 Å². The molecule has 0 bridgehead atoms. The zero-order chi connectivity index (χ0) is 15.7. The van der Waals surface area contributed by atoms with Gasteiger partial charge >= 0.3 is 0 Å². The molecule has 1 aromatic carbocycles. The summed E-state index contributed by atoms with van der Waals surface area (Å²) in [5.41, 5.74) is 0.977. The highest BCUT2D eigenvalue weighted by Crippen LogP contribution is 2.25. The number of para-hydroxylation sites is 1. The van der Waals surface area contributed by atoms with E-state index < -0.39 is 18.0 Å². The molecule has 1 N–H and O–H groups in total. The zero-order valence-corrected chi connectivity index (χ0v) is 11.7. The summed E-state index contributed by atoms with van der Waals surface area (Å²) in [6.45, 7) is 2.46. The molecule has 0 aliphatic rings. The molecule has 8 heteroatoms. The predicted octanol–water partition coefficient (Wildman–Crippen LogP) is 3.73. The minimum atomic E-state index is -2.73. The van der Waals surface area contributed by atoms with Crippen molar-refractivity contribution in [2.45, 2.75) is 26.4 Å². The molecule has 2 heterocycles. The van der Waals surface area contributed by atoms with Crippen LogP contribution in [0.3, 0.4) is 0 Å². The van der Waals surface area contributed by atoms with Crippen LogP contribution in [0.5, 0.6) is 0 Å². The number of halogens is 3. The molecular formula is C14H13F3N4O. The standard InChI is InChI=1S/C14H13F3N4O/c1-2-21-10-5-3-4-8(15)11(10)20-14(21)18-6-9-12(13(16)17)22-7-19-9/h3-5,7,13H,2,6H2,1H3,(H,18,20). The van der Waals surface area contributed by atoms with Crippen LogP contribution < -0.4 is 5.32 Å². The van der Waals surface area contributed by atoms with E-state index in [-0.39, 0.29) is 17.8 Å². The van der Waals surface area contributed by atoms with E-state index in [0.717, 1.165) is 6.39 Å². The number of hydrogen-bond acceptors (Lipinski definition) is 4. The Morgan fingerprint density at radius 1 is 1.36 bits per heavy atom. The van der Waals surface area contributed by atoms with Crippen molar-refractivity contribution in [1.29, 1.82) is 0 Å². The van der Waals surface area contributed by atoms with Gasteiger partial charge in [-0.05, 0) is 19.1 Å². The van der Waals surface area contributed by atoms with Gasteiger partial charge in [-0.15, -0.1) is 0 Å². The maximum Gasteiger partial charge on any atom is 0.297 e. The van der Waals surface area contributed by atoms with Crippen molar-refractivity contribution in [2.75, 3.05) is 5.32 Å². The molecular weight excluding hydrogens is 297 g/mol. The molecule has 0 fully saturated rings. The lowest BCUT2D eigenvalue weighted by Crippen LogP contribution is -2.08. The second-order valence-corrected chi connectivity index (χ2v) is 4.60. The smallest absolute Gasteiger partial charge is 0.297 e. The number of rotatable bonds is 5. The average molecular weight is 310 g/mol. The Morgan fingerprint density at radius 2 is 2.18 bits per heavy atom. The highest BCUT2D eigenvalue weighted by atomic mass is 19.3. The third kappa shape index (κ3) is 2.40. The quantitative estimate of drug-likeness (QED) is 0.780. The van der Waals surface area contributed by atoms with Gasteiger partial charge in [-0.1, -0.05) is 6.07 Å². The van der Waals surface area contributed by atoms with Crippen LogP contribution in [0.4, 0.5) is 19.1 Å². The summed E-state index contributed by atoms with van der Waals surface area (Å²) >= 11 is 0. The second-order valence-electron chi connectivity index (χ2n) is 4.60. The first-order valence-electron chi connectivity index (χ1n) is 6.70. The predicted molar refractivity (Wildman–Crippen MR) is 74.2 cm³/mol. The van der Waals surface area contributed by atoms with Crippen molar-refractivity contribution in [1.82, 2.24) is 14.5 Å². The van der Waals surface area contributed by atoms with Gasteiger partial charge in [-0.3, -0.25) is 0 Å². The molecule has 2 aromatic heterocycles. The highest BCUT2D eigenvalue weighted by Gasteiger charge is 2.19. The first-order chi connectivity index (χ1) is 10.6. The number of anilines is 1. The molecule has 0 aliphatic heterocycles. The SMILES string of the molecule is CCn1c(NCc2ncoc2C(F)F)nc2c(F)cccc21.